The van der Waals surface area contributed by atoms with Crippen LogP contribution in [0.25, 0.3) is 10.9 Å². The quantitative estimate of drug-likeness (QED) is 0.693. The van der Waals surface area contributed by atoms with Gasteiger partial charge in [0.05, 0.1) is 15.9 Å². The Morgan fingerprint density at radius 2 is 2.38 bits per heavy atom. The van der Waals surface area contributed by atoms with E-state index in [1.807, 2.05) is 30.6 Å². The summed E-state index contributed by atoms with van der Waals surface area (Å²) in [4.78, 5) is 7.44. The lowest BCUT2D eigenvalue weighted by molar-refractivity contribution is 1.34. The van der Waals surface area contributed by atoms with Crippen LogP contribution in [0.2, 0.25) is 0 Å². The van der Waals surface area contributed by atoms with Crippen LogP contribution in [0.4, 0.5) is 5.82 Å². The smallest absolute Gasteiger partial charge is 0.136 e. The maximum absolute atomic E-state index is 4.32. The van der Waals surface area contributed by atoms with Gasteiger partial charge in [-0.1, -0.05) is 6.07 Å². The third kappa shape index (κ3) is 1.91. The van der Waals surface area contributed by atoms with Crippen LogP contribution in [0, 0.1) is 0 Å². The maximum atomic E-state index is 4.32. The van der Waals surface area contributed by atoms with Crippen molar-refractivity contribution in [2.45, 2.75) is 4.21 Å². The minimum absolute atomic E-state index is 0.880. The highest BCUT2D eigenvalue weighted by molar-refractivity contribution is 8.02. The lowest BCUT2D eigenvalue weighted by Crippen LogP contribution is -1.88. The molecule has 0 aliphatic carbocycles. The van der Waals surface area contributed by atoms with Crippen LogP contribution >= 0.6 is 23.3 Å². The first-order valence-electron chi connectivity index (χ1n) is 4.81. The van der Waals surface area contributed by atoms with E-state index in [0.717, 1.165) is 11.3 Å². The summed E-state index contributed by atoms with van der Waals surface area (Å²) in [5.41, 5.74) is 1.06. The topological polar surface area (TPSA) is 40.7 Å². The number of anilines is 1. The van der Waals surface area contributed by atoms with E-state index < -0.39 is 0 Å². The fourth-order valence-corrected chi connectivity index (χ4v) is 2.83. The standard InChI is InChI=1S/C11H9N3S2/c1-2-11(15-5-1)16-14-10-6-8-3-4-12-9(8)7-13-10/h1-7,12H,(H,13,14). The summed E-state index contributed by atoms with van der Waals surface area (Å²) in [6, 6.07) is 8.19. The molecular weight excluding hydrogens is 238 g/mol. The minimum atomic E-state index is 0.880. The van der Waals surface area contributed by atoms with Gasteiger partial charge in [0.15, 0.2) is 0 Å². The number of hydrogen-bond acceptors (Lipinski definition) is 4. The lowest BCUT2D eigenvalue weighted by Gasteiger charge is -2.02. The minimum Gasteiger partial charge on any atom is -0.360 e. The molecule has 0 fully saturated rings. The number of nitrogens with zero attached hydrogens (tertiary/aromatic N) is 1. The molecule has 0 saturated heterocycles. The second-order valence-corrected chi connectivity index (χ2v) is 5.32. The van der Waals surface area contributed by atoms with E-state index in [0.29, 0.717) is 0 Å². The van der Waals surface area contributed by atoms with Crippen molar-refractivity contribution in [3.8, 4) is 0 Å². The summed E-state index contributed by atoms with van der Waals surface area (Å²) in [6.45, 7) is 0. The zero-order valence-electron chi connectivity index (χ0n) is 8.31. The molecule has 5 heteroatoms. The van der Waals surface area contributed by atoms with Crippen molar-refractivity contribution in [1.82, 2.24) is 9.97 Å². The molecule has 16 heavy (non-hydrogen) atoms. The van der Waals surface area contributed by atoms with E-state index >= 15 is 0 Å². The van der Waals surface area contributed by atoms with Gasteiger partial charge in [-0.25, -0.2) is 4.98 Å². The summed E-state index contributed by atoms with van der Waals surface area (Å²) in [7, 11) is 0. The average molecular weight is 247 g/mol. The van der Waals surface area contributed by atoms with E-state index in [9.17, 15) is 0 Å². The van der Waals surface area contributed by atoms with Crippen LogP contribution in [0.3, 0.4) is 0 Å². The highest BCUT2D eigenvalue weighted by Gasteiger charge is 1.99. The Morgan fingerprint density at radius 1 is 1.38 bits per heavy atom. The van der Waals surface area contributed by atoms with Gasteiger partial charge in [-0.2, -0.15) is 0 Å². The summed E-state index contributed by atoms with van der Waals surface area (Å²) < 4.78 is 4.46. The second-order valence-electron chi connectivity index (χ2n) is 3.27. The molecule has 3 nitrogen and oxygen atoms in total. The van der Waals surface area contributed by atoms with Crippen LogP contribution in [0.5, 0.6) is 0 Å². The van der Waals surface area contributed by atoms with Crippen LogP contribution < -0.4 is 4.72 Å². The van der Waals surface area contributed by atoms with Gasteiger partial charge in [0, 0.05) is 11.6 Å². The van der Waals surface area contributed by atoms with Crippen molar-refractivity contribution in [2.24, 2.45) is 0 Å². The summed E-state index contributed by atoms with van der Waals surface area (Å²) >= 11 is 3.30. The Hall–Kier alpha value is -1.46. The van der Waals surface area contributed by atoms with Crippen molar-refractivity contribution in [3.63, 3.8) is 0 Å². The second kappa shape index (κ2) is 4.19. The van der Waals surface area contributed by atoms with Crippen LogP contribution in [0.1, 0.15) is 0 Å². The molecule has 0 aromatic carbocycles. The molecule has 0 bridgehead atoms. The Bertz CT molecular complexity index is 586. The monoisotopic (exact) mass is 247 g/mol. The number of thiophene rings is 1. The Kier molecular flexibility index (Phi) is 2.55. The number of pyridine rings is 1. The predicted molar refractivity (Wildman–Crippen MR) is 69.9 cm³/mol. The molecule has 3 aromatic heterocycles. The molecule has 0 amide bonds. The zero-order valence-corrected chi connectivity index (χ0v) is 9.94. The third-order valence-electron chi connectivity index (χ3n) is 2.19. The SMILES string of the molecule is c1csc(SNc2cc3cc[nH]c3cn2)c1. The highest BCUT2D eigenvalue weighted by atomic mass is 32.2. The predicted octanol–water partition coefficient (Wildman–Crippen LogP) is 3.74. The van der Waals surface area contributed by atoms with Gasteiger partial charge in [0.1, 0.15) is 5.82 Å². The molecule has 0 aliphatic rings. The maximum Gasteiger partial charge on any atom is 0.136 e. The number of aromatic nitrogens is 2. The number of fused-ring (bicyclic) bond motifs is 1. The van der Waals surface area contributed by atoms with Crippen molar-refractivity contribution in [1.29, 1.82) is 0 Å². The molecule has 0 spiro atoms. The van der Waals surface area contributed by atoms with Gasteiger partial charge in [0.2, 0.25) is 0 Å². The Morgan fingerprint density at radius 3 is 3.25 bits per heavy atom. The van der Waals surface area contributed by atoms with Crippen molar-refractivity contribution in [3.05, 3.63) is 42.0 Å². The number of nitrogens with one attached hydrogen (secondary N) is 2. The number of rotatable bonds is 3. The lowest BCUT2D eigenvalue weighted by atomic mass is 10.3. The molecule has 0 radical (unpaired) electrons. The normalized spacial score (nSPS) is 10.8. The summed E-state index contributed by atoms with van der Waals surface area (Å²) in [5.74, 6) is 0.880. The van der Waals surface area contributed by atoms with Crippen LogP contribution in [-0.2, 0) is 0 Å². The van der Waals surface area contributed by atoms with E-state index in [2.05, 4.69) is 26.1 Å². The van der Waals surface area contributed by atoms with E-state index in [-0.39, 0.29) is 0 Å². The first-order chi connectivity index (χ1) is 7.92. The first-order valence-corrected chi connectivity index (χ1v) is 6.51. The molecule has 0 atom stereocenters. The number of aromatic amines is 1. The molecule has 0 unspecified atom stereocenters. The van der Waals surface area contributed by atoms with Gasteiger partial charge < -0.3 is 9.71 Å². The number of H-pyrrole nitrogens is 1. The van der Waals surface area contributed by atoms with Crippen LogP contribution in [-0.4, -0.2) is 9.97 Å². The van der Waals surface area contributed by atoms with Crippen LogP contribution in [0.15, 0.2) is 46.2 Å². The van der Waals surface area contributed by atoms with Gasteiger partial charge in [-0.3, -0.25) is 0 Å². The van der Waals surface area contributed by atoms with Gasteiger partial charge in [-0.15, -0.1) is 11.3 Å². The number of hydrogen-bond donors (Lipinski definition) is 2. The van der Waals surface area contributed by atoms with Gasteiger partial charge in [0.25, 0.3) is 0 Å². The van der Waals surface area contributed by atoms with E-state index in [1.165, 1.54) is 9.60 Å². The fraction of sp³-hybridized carbons (Fsp3) is 0. The first kappa shape index (κ1) is 9.74. The fourth-order valence-electron chi connectivity index (χ4n) is 1.43. The molecule has 3 rings (SSSR count). The molecular formula is C11H9N3S2. The Labute approximate surface area is 101 Å². The van der Waals surface area contributed by atoms with E-state index in [4.69, 9.17) is 0 Å². The average Bonchev–Trinajstić information content (AvgIpc) is 2.97. The van der Waals surface area contributed by atoms with Crippen molar-refractivity contribution in [2.75, 3.05) is 4.72 Å². The Balaban J connectivity index is 1.78. The third-order valence-corrected chi connectivity index (χ3v) is 4.04. The molecule has 0 aliphatic heterocycles. The molecule has 3 heterocycles. The molecule has 80 valence electrons. The molecule has 3 aromatic rings. The highest BCUT2D eigenvalue weighted by Crippen LogP contribution is 2.25. The molecule has 0 saturated carbocycles. The zero-order chi connectivity index (χ0) is 10.8. The summed E-state index contributed by atoms with van der Waals surface area (Å²) in [5, 5.41) is 3.23. The van der Waals surface area contributed by atoms with Crippen molar-refractivity contribution < 1.29 is 0 Å². The van der Waals surface area contributed by atoms with Crippen molar-refractivity contribution >= 4 is 40.0 Å². The summed E-state index contributed by atoms with van der Waals surface area (Å²) in [6.07, 6.45) is 3.76. The largest absolute Gasteiger partial charge is 0.360 e. The van der Waals surface area contributed by atoms with Gasteiger partial charge >= 0.3 is 0 Å². The molecule has 2 N–H and O–H groups in total. The van der Waals surface area contributed by atoms with E-state index in [1.54, 1.807) is 23.3 Å². The van der Waals surface area contributed by atoms with Gasteiger partial charge in [-0.05, 0) is 35.5 Å².